The predicted molar refractivity (Wildman–Crippen MR) is 97.4 cm³/mol. The van der Waals surface area contributed by atoms with E-state index < -0.39 is 5.91 Å². The third-order valence-corrected chi connectivity index (χ3v) is 4.77. The number of hydrogen-bond acceptors (Lipinski definition) is 3. The number of nitrogens with two attached hydrogens (primary N) is 1. The van der Waals surface area contributed by atoms with Crippen molar-refractivity contribution < 1.29 is 9.59 Å². The summed E-state index contributed by atoms with van der Waals surface area (Å²) in [4.78, 5) is 25.3. The summed E-state index contributed by atoms with van der Waals surface area (Å²) in [6, 6.07) is 18.7. The van der Waals surface area contributed by atoms with E-state index in [0.717, 1.165) is 16.0 Å². The van der Waals surface area contributed by atoms with Crippen molar-refractivity contribution in [2.75, 3.05) is 5.32 Å². The van der Waals surface area contributed by atoms with Gasteiger partial charge >= 0.3 is 0 Å². The Hall–Kier alpha value is -2.92. The lowest BCUT2D eigenvalue weighted by Gasteiger charge is -2.05. The number of primary amides is 1. The SMILES string of the molecule is Cc1ccc(C(=O)Nc2cc(-c3ccccc3)sc2C(N)=O)cc1. The number of thiophene rings is 1. The van der Waals surface area contributed by atoms with Crippen LogP contribution in [0.5, 0.6) is 0 Å². The molecule has 1 heterocycles. The maximum absolute atomic E-state index is 12.4. The van der Waals surface area contributed by atoms with Crippen LogP contribution >= 0.6 is 11.3 Å². The summed E-state index contributed by atoms with van der Waals surface area (Å²) in [5.74, 6) is -0.823. The van der Waals surface area contributed by atoms with Crippen molar-refractivity contribution in [3.8, 4) is 10.4 Å². The Morgan fingerprint density at radius 1 is 1.00 bits per heavy atom. The van der Waals surface area contributed by atoms with Crippen molar-refractivity contribution in [3.05, 3.63) is 76.7 Å². The van der Waals surface area contributed by atoms with Crippen LogP contribution < -0.4 is 11.1 Å². The Labute approximate surface area is 143 Å². The zero-order valence-corrected chi connectivity index (χ0v) is 13.9. The second kappa shape index (κ2) is 6.68. The minimum atomic E-state index is -0.554. The van der Waals surface area contributed by atoms with E-state index in [1.807, 2.05) is 49.4 Å². The van der Waals surface area contributed by atoms with Gasteiger partial charge in [0.2, 0.25) is 0 Å². The summed E-state index contributed by atoms with van der Waals surface area (Å²) in [7, 11) is 0. The van der Waals surface area contributed by atoms with Crippen LogP contribution in [-0.4, -0.2) is 11.8 Å². The van der Waals surface area contributed by atoms with E-state index in [1.54, 1.807) is 18.2 Å². The second-order valence-electron chi connectivity index (χ2n) is 5.40. The number of aryl methyl sites for hydroxylation is 1. The summed E-state index contributed by atoms with van der Waals surface area (Å²) in [5.41, 5.74) is 8.48. The van der Waals surface area contributed by atoms with E-state index in [2.05, 4.69) is 5.32 Å². The molecule has 0 bridgehead atoms. The van der Waals surface area contributed by atoms with Gasteiger partial charge in [-0.15, -0.1) is 11.3 Å². The molecule has 2 aromatic carbocycles. The molecule has 0 spiro atoms. The minimum absolute atomic E-state index is 0.269. The number of carbonyl (C=O) groups excluding carboxylic acids is 2. The fourth-order valence-electron chi connectivity index (χ4n) is 2.31. The summed E-state index contributed by atoms with van der Waals surface area (Å²) >= 11 is 1.27. The van der Waals surface area contributed by atoms with Crippen molar-refractivity contribution in [1.29, 1.82) is 0 Å². The Morgan fingerprint density at radius 3 is 2.29 bits per heavy atom. The maximum Gasteiger partial charge on any atom is 0.260 e. The van der Waals surface area contributed by atoms with Crippen LogP contribution in [0.3, 0.4) is 0 Å². The van der Waals surface area contributed by atoms with E-state index >= 15 is 0 Å². The van der Waals surface area contributed by atoms with Gasteiger partial charge in [-0.05, 0) is 30.7 Å². The second-order valence-corrected chi connectivity index (χ2v) is 6.46. The molecule has 0 aliphatic heterocycles. The molecule has 24 heavy (non-hydrogen) atoms. The first-order valence-electron chi connectivity index (χ1n) is 7.41. The number of anilines is 1. The zero-order valence-electron chi connectivity index (χ0n) is 13.1. The standard InChI is InChI=1S/C19H16N2O2S/c1-12-7-9-14(10-8-12)19(23)21-15-11-16(24-17(15)18(20)22)13-5-3-2-4-6-13/h2-11H,1H3,(H2,20,22)(H,21,23). The van der Waals surface area contributed by atoms with Crippen molar-refractivity contribution in [2.24, 2.45) is 5.73 Å². The first-order valence-corrected chi connectivity index (χ1v) is 8.23. The summed E-state index contributed by atoms with van der Waals surface area (Å²) in [6.07, 6.45) is 0. The number of benzene rings is 2. The molecule has 1 aromatic heterocycles. The van der Waals surface area contributed by atoms with Crippen LogP contribution in [0, 0.1) is 6.92 Å². The van der Waals surface area contributed by atoms with Gasteiger partial charge in [0.15, 0.2) is 0 Å². The van der Waals surface area contributed by atoms with Gasteiger partial charge in [-0.25, -0.2) is 0 Å². The Bertz CT molecular complexity index is 883. The third kappa shape index (κ3) is 3.36. The Kier molecular flexibility index (Phi) is 4.44. The molecule has 0 fully saturated rings. The molecular weight excluding hydrogens is 320 g/mol. The van der Waals surface area contributed by atoms with Gasteiger partial charge in [-0.1, -0.05) is 48.0 Å². The Balaban J connectivity index is 1.92. The van der Waals surface area contributed by atoms with Gasteiger partial charge < -0.3 is 11.1 Å². The van der Waals surface area contributed by atoms with Gasteiger partial charge in [0.05, 0.1) is 5.69 Å². The molecule has 5 heteroatoms. The summed E-state index contributed by atoms with van der Waals surface area (Å²) < 4.78 is 0. The topological polar surface area (TPSA) is 72.2 Å². The van der Waals surface area contributed by atoms with Crippen LogP contribution in [-0.2, 0) is 0 Å². The van der Waals surface area contributed by atoms with Crippen LogP contribution in [0.1, 0.15) is 25.6 Å². The van der Waals surface area contributed by atoms with Crippen LogP contribution in [0.4, 0.5) is 5.69 Å². The lowest BCUT2D eigenvalue weighted by molar-refractivity contribution is 0.100. The van der Waals surface area contributed by atoms with Gasteiger partial charge in [0.25, 0.3) is 11.8 Å². The molecule has 0 unspecified atom stereocenters. The molecule has 3 rings (SSSR count). The summed E-state index contributed by atoms with van der Waals surface area (Å²) in [5, 5.41) is 2.79. The highest BCUT2D eigenvalue weighted by Gasteiger charge is 2.17. The monoisotopic (exact) mass is 336 g/mol. The highest BCUT2D eigenvalue weighted by molar-refractivity contribution is 7.18. The highest BCUT2D eigenvalue weighted by Crippen LogP contribution is 2.34. The Morgan fingerprint density at radius 2 is 1.67 bits per heavy atom. The number of nitrogens with one attached hydrogen (secondary N) is 1. The number of amides is 2. The first-order chi connectivity index (χ1) is 11.5. The van der Waals surface area contributed by atoms with Gasteiger partial charge in [0.1, 0.15) is 4.88 Å². The van der Waals surface area contributed by atoms with Crippen molar-refractivity contribution >= 4 is 28.8 Å². The number of rotatable bonds is 4. The molecule has 0 atom stereocenters. The third-order valence-electron chi connectivity index (χ3n) is 3.58. The molecule has 0 saturated heterocycles. The van der Waals surface area contributed by atoms with E-state index in [0.29, 0.717) is 16.1 Å². The van der Waals surface area contributed by atoms with Crippen molar-refractivity contribution in [2.45, 2.75) is 6.92 Å². The largest absolute Gasteiger partial charge is 0.365 e. The van der Waals surface area contributed by atoms with Crippen LogP contribution in [0.25, 0.3) is 10.4 Å². The first kappa shape index (κ1) is 16.0. The van der Waals surface area contributed by atoms with Crippen molar-refractivity contribution in [3.63, 3.8) is 0 Å². The molecule has 0 saturated carbocycles. The highest BCUT2D eigenvalue weighted by atomic mass is 32.1. The van der Waals surface area contributed by atoms with Gasteiger partial charge in [-0.2, -0.15) is 0 Å². The molecule has 0 radical (unpaired) electrons. The molecule has 120 valence electrons. The lowest BCUT2D eigenvalue weighted by Crippen LogP contribution is -2.16. The smallest absolute Gasteiger partial charge is 0.260 e. The quantitative estimate of drug-likeness (QED) is 0.753. The summed E-state index contributed by atoms with van der Waals surface area (Å²) in [6.45, 7) is 1.96. The van der Waals surface area contributed by atoms with Crippen molar-refractivity contribution in [1.82, 2.24) is 0 Å². The number of carbonyl (C=O) groups is 2. The maximum atomic E-state index is 12.4. The minimum Gasteiger partial charge on any atom is -0.365 e. The van der Waals surface area contributed by atoms with E-state index in [9.17, 15) is 9.59 Å². The number of hydrogen-bond donors (Lipinski definition) is 2. The molecule has 2 amide bonds. The zero-order chi connectivity index (χ0) is 17.1. The van der Waals surface area contributed by atoms with Crippen LogP contribution in [0.2, 0.25) is 0 Å². The molecule has 0 aliphatic carbocycles. The van der Waals surface area contributed by atoms with E-state index in [-0.39, 0.29) is 5.91 Å². The predicted octanol–water partition coefficient (Wildman–Crippen LogP) is 4.07. The average Bonchev–Trinajstić information content (AvgIpc) is 3.00. The van der Waals surface area contributed by atoms with E-state index in [4.69, 9.17) is 5.73 Å². The van der Waals surface area contributed by atoms with E-state index in [1.165, 1.54) is 11.3 Å². The molecular formula is C19H16N2O2S. The molecule has 0 aliphatic rings. The lowest BCUT2D eigenvalue weighted by atomic mass is 10.1. The molecule has 3 N–H and O–H groups in total. The van der Waals surface area contributed by atoms with Crippen LogP contribution in [0.15, 0.2) is 60.7 Å². The molecule has 4 nitrogen and oxygen atoms in total. The fraction of sp³-hybridized carbons (Fsp3) is 0.0526. The van der Waals surface area contributed by atoms with Gasteiger partial charge in [0, 0.05) is 10.4 Å². The molecule has 3 aromatic rings. The normalized spacial score (nSPS) is 10.4. The fourth-order valence-corrected chi connectivity index (χ4v) is 3.28. The average molecular weight is 336 g/mol. The van der Waals surface area contributed by atoms with Gasteiger partial charge in [-0.3, -0.25) is 9.59 Å².